The van der Waals surface area contributed by atoms with Gasteiger partial charge in [-0.05, 0) is 44.7 Å². The Hall–Kier alpha value is -2.89. The maximum absolute atomic E-state index is 11.9. The van der Waals surface area contributed by atoms with Crippen LogP contribution in [0.1, 0.15) is 82.4 Å². The summed E-state index contributed by atoms with van der Waals surface area (Å²) in [5.41, 5.74) is 9.33. The van der Waals surface area contributed by atoms with Crippen LogP contribution in [0, 0.1) is 5.92 Å². The summed E-state index contributed by atoms with van der Waals surface area (Å²) >= 11 is 0. The van der Waals surface area contributed by atoms with Crippen LogP contribution >= 0.6 is 0 Å². The number of ketones is 1. The molecule has 2 heterocycles. The molecule has 0 aliphatic carbocycles. The lowest BCUT2D eigenvalue weighted by Gasteiger charge is -2.18. The highest BCUT2D eigenvalue weighted by Crippen LogP contribution is 2.38. The van der Waals surface area contributed by atoms with Gasteiger partial charge in [-0.25, -0.2) is 9.97 Å². The Balaban J connectivity index is 2.23. The normalized spacial score (nSPS) is 12.5. The third-order valence-corrected chi connectivity index (χ3v) is 5.58. The molecule has 31 heavy (non-hydrogen) atoms. The van der Waals surface area contributed by atoms with Crippen molar-refractivity contribution < 1.29 is 9.53 Å². The number of carbonyl (C=O) groups is 1. The average molecular weight is 423 g/mol. The van der Waals surface area contributed by atoms with Gasteiger partial charge >= 0.3 is 0 Å². The molecule has 1 aromatic carbocycles. The predicted octanol–water partition coefficient (Wildman–Crippen LogP) is 5.90. The number of Topliss-reactive ketones (excluding diaryl/α,β-unsaturated/α-hetero) is 1. The number of hydrogen-bond acceptors (Lipinski definition) is 5. The molecule has 0 spiro atoms. The van der Waals surface area contributed by atoms with E-state index in [9.17, 15) is 4.79 Å². The van der Waals surface area contributed by atoms with Gasteiger partial charge in [-0.1, -0.05) is 39.7 Å². The molecular weight excluding hydrogens is 388 g/mol. The number of imidazole rings is 1. The van der Waals surface area contributed by atoms with Gasteiger partial charge in [0.1, 0.15) is 28.6 Å². The zero-order valence-electron chi connectivity index (χ0n) is 19.3. The number of rotatable bonds is 10. The van der Waals surface area contributed by atoms with E-state index in [-0.39, 0.29) is 5.78 Å². The first-order valence-corrected chi connectivity index (χ1v) is 11.3. The lowest BCUT2D eigenvalue weighted by atomic mass is 9.91. The molecule has 3 rings (SSSR count). The smallest absolute Gasteiger partial charge is 0.159 e. The Morgan fingerprint density at radius 1 is 1.26 bits per heavy atom. The third-order valence-electron chi connectivity index (χ3n) is 5.58. The minimum Gasteiger partial charge on any atom is -0.493 e. The van der Waals surface area contributed by atoms with Gasteiger partial charge in [0.25, 0.3) is 0 Å². The van der Waals surface area contributed by atoms with Crippen molar-refractivity contribution in [3.8, 4) is 17.0 Å². The van der Waals surface area contributed by atoms with Crippen LogP contribution in [-0.2, 0) is 0 Å². The molecule has 0 radical (unpaired) electrons. The molecule has 0 saturated heterocycles. The van der Waals surface area contributed by atoms with Crippen molar-refractivity contribution in [2.75, 3.05) is 12.3 Å². The van der Waals surface area contributed by atoms with E-state index >= 15 is 0 Å². The van der Waals surface area contributed by atoms with Crippen LogP contribution in [-0.4, -0.2) is 26.8 Å². The highest BCUT2D eigenvalue weighted by atomic mass is 16.5. The van der Waals surface area contributed by atoms with E-state index in [0.717, 1.165) is 48.3 Å². The van der Waals surface area contributed by atoms with Gasteiger partial charge in [-0.2, -0.15) is 0 Å². The van der Waals surface area contributed by atoms with Crippen molar-refractivity contribution in [2.45, 2.75) is 66.2 Å². The van der Waals surface area contributed by atoms with E-state index in [1.165, 1.54) is 0 Å². The van der Waals surface area contributed by atoms with Crippen LogP contribution in [0.4, 0.5) is 5.82 Å². The highest BCUT2D eigenvalue weighted by Gasteiger charge is 2.24. The second kappa shape index (κ2) is 9.94. The number of anilines is 1. The number of fused-ring (bicyclic) bond motifs is 1. The van der Waals surface area contributed by atoms with E-state index in [0.29, 0.717) is 35.6 Å². The monoisotopic (exact) mass is 422 g/mol. The summed E-state index contributed by atoms with van der Waals surface area (Å²) in [6, 6.07) is 5.52. The maximum Gasteiger partial charge on any atom is 0.159 e. The quantitative estimate of drug-likeness (QED) is 0.411. The summed E-state index contributed by atoms with van der Waals surface area (Å²) in [5, 5.41) is 0. The molecule has 2 N–H and O–H groups in total. The van der Waals surface area contributed by atoms with E-state index in [4.69, 9.17) is 15.5 Å². The Morgan fingerprint density at radius 3 is 2.68 bits per heavy atom. The number of nitrogens with zero attached hydrogens (tertiary/aromatic N) is 3. The Bertz CT molecular complexity index is 1060. The van der Waals surface area contributed by atoms with Crippen molar-refractivity contribution >= 4 is 17.1 Å². The van der Waals surface area contributed by atoms with Crippen LogP contribution in [0.25, 0.3) is 16.8 Å². The first-order chi connectivity index (χ1) is 14.9. The summed E-state index contributed by atoms with van der Waals surface area (Å²) in [7, 11) is 0. The lowest BCUT2D eigenvalue weighted by Crippen LogP contribution is -2.08. The number of nitrogen functional groups attached to an aromatic ring is 1. The maximum atomic E-state index is 11.9. The van der Waals surface area contributed by atoms with E-state index in [1.807, 2.05) is 25.3 Å². The van der Waals surface area contributed by atoms with Crippen molar-refractivity contribution in [3.05, 3.63) is 42.0 Å². The zero-order chi connectivity index (χ0) is 22.5. The fourth-order valence-electron chi connectivity index (χ4n) is 4.15. The molecule has 2 aromatic heterocycles. The third kappa shape index (κ3) is 4.89. The molecule has 1 atom stereocenters. The van der Waals surface area contributed by atoms with Crippen molar-refractivity contribution in [1.29, 1.82) is 0 Å². The molecule has 166 valence electrons. The van der Waals surface area contributed by atoms with Gasteiger partial charge in [-0.3, -0.25) is 9.20 Å². The molecule has 0 saturated carbocycles. The summed E-state index contributed by atoms with van der Waals surface area (Å²) in [6.07, 6.45) is 8.11. The lowest BCUT2D eigenvalue weighted by molar-refractivity contribution is 0.101. The first-order valence-electron chi connectivity index (χ1n) is 11.3. The van der Waals surface area contributed by atoms with Crippen LogP contribution < -0.4 is 10.5 Å². The van der Waals surface area contributed by atoms with Gasteiger partial charge < -0.3 is 10.5 Å². The fraction of sp³-hybridized carbons (Fsp3) is 0.480. The van der Waals surface area contributed by atoms with Gasteiger partial charge in [0.15, 0.2) is 5.78 Å². The SMILES string of the molecule is CCCC[C@H](CC(C)C)c1nc(-c2ccc(C(C)=O)cc2OCC)c2c(N)nccn12. The van der Waals surface area contributed by atoms with Crippen LogP contribution in [0.15, 0.2) is 30.6 Å². The second-order valence-corrected chi connectivity index (χ2v) is 8.52. The van der Waals surface area contributed by atoms with Crippen molar-refractivity contribution in [1.82, 2.24) is 14.4 Å². The highest BCUT2D eigenvalue weighted by molar-refractivity contribution is 5.96. The van der Waals surface area contributed by atoms with Gasteiger partial charge in [0.2, 0.25) is 0 Å². The van der Waals surface area contributed by atoms with Gasteiger partial charge in [-0.15, -0.1) is 0 Å². The number of benzene rings is 1. The number of aromatic nitrogens is 3. The van der Waals surface area contributed by atoms with E-state index < -0.39 is 0 Å². The zero-order valence-corrected chi connectivity index (χ0v) is 19.3. The molecule has 0 bridgehead atoms. The van der Waals surface area contributed by atoms with Crippen LogP contribution in [0.5, 0.6) is 5.75 Å². The summed E-state index contributed by atoms with van der Waals surface area (Å²) in [4.78, 5) is 21.4. The van der Waals surface area contributed by atoms with Crippen molar-refractivity contribution in [3.63, 3.8) is 0 Å². The largest absolute Gasteiger partial charge is 0.493 e. The van der Waals surface area contributed by atoms with E-state index in [1.54, 1.807) is 19.2 Å². The number of unbranched alkanes of at least 4 members (excludes halogenated alkanes) is 1. The van der Waals surface area contributed by atoms with Crippen molar-refractivity contribution in [2.24, 2.45) is 5.92 Å². The van der Waals surface area contributed by atoms with Crippen LogP contribution in [0.3, 0.4) is 0 Å². The molecule has 0 aliphatic heterocycles. The summed E-state index contributed by atoms with van der Waals surface area (Å²) in [5.74, 6) is 2.98. The molecule has 0 amide bonds. The number of carbonyl (C=O) groups excluding carboxylic acids is 1. The number of ether oxygens (including phenoxy) is 1. The van der Waals surface area contributed by atoms with Gasteiger partial charge in [0.05, 0.1) is 6.61 Å². The van der Waals surface area contributed by atoms with Crippen LogP contribution in [0.2, 0.25) is 0 Å². The summed E-state index contributed by atoms with van der Waals surface area (Å²) < 4.78 is 8.00. The van der Waals surface area contributed by atoms with E-state index in [2.05, 4.69) is 30.2 Å². The molecule has 6 heteroatoms. The Morgan fingerprint density at radius 2 is 2.03 bits per heavy atom. The fourth-order valence-corrected chi connectivity index (χ4v) is 4.15. The number of hydrogen-bond donors (Lipinski definition) is 1. The first kappa shape index (κ1) is 22.8. The average Bonchev–Trinajstić information content (AvgIpc) is 3.11. The molecule has 3 aromatic rings. The topological polar surface area (TPSA) is 82.5 Å². The summed E-state index contributed by atoms with van der Waals surface area (Å²) in [6.45, 7) is 10.7. The minimum absolute atomic E-state index is 0.000587. The molecular formula is C25H34N4O2. The number of nitrogens with two attached hydrogens (primary N) is 1. The second-order valence-electron chi connectivity index (χ2n) is 8.52. The minimum atomic E-state index is 0.000587. The van der Waals surface area contributed by atoms with Gasteiger partial charge in [0, 0.05) is 29.4 Å². The Kier molecular flexibility index (Phi) is 7.31. The molecule has 0 unspecified atom stereocenters. The standard InChI is InChI=1S/C25H34N4O2/c1-6-8-9-19(14-16(3)4)25-28-22(23-24(26)27-12-13-29(23)25)20-11-10-18(17(5)30)15-21(20)31-7-2/h10-13,15-16,19H,6-9,14H2,1-5H3,(H2,26,27)/t19-/m1/s1. The molecule has 0 fully saturated rings. The predicted molar refractivity (Wildman–Crippen MR) is 126 cm³/mol. The molecule has 6 nitrogen and oxygen atoms in total. The Labute approximate surface area is 184 Å². The molecule has 0 aliphatic rings.